The molecule has 3 unspecified atom stereocenters. The zero-order chi connectivity index (χ0) is 73.7. The summed E-state index contributed by atoms with van der Waals surface area (Å²) in [6, 6.07) is 0. The van der Waals surface area contributed by atoms with Crippen LogP contribution in [0.2, 0.25) is 0 Å². The van der Waals surface area contributed by atoms with Crippen LogP contribution in [0.25, 0.3) is 0 Å². The van der Waals surface area contributed by atoms with Gasteiger partial charge in [-0.05, 0) is 43.4 Å². The quantitative estimate of drug-likeness (QED) is 0.0222. The summed E-state index contributed by atoms with van der Waals surface area (Å²) >= 11 is 0. The first kappa shape index (κ1) is 98.1. The normalized spacial score (nSPS) is 14.2. The van der Waals surface area contributed by atoms with Crippen molar-refractivity contribution in [2.45, 2.75) is 439 Å². The van der Waals surface area contributed by atoms with Gasteiger partial charge >= 0.3 is 39.5 Å². The van der Waals surface area contributed by atoms with Gasteiger partial charge < -0.3 is 33.8 Å². The lowest BCUT2D eigenvalue weighted by Crippen LogP contribution is -2.30. The maximum absolute atomic E-state index is 13.1. The minimum atomic E-state index is -4.96. The SMILES string of the molecule is CCCCCCCCCCCCCCCCCCCCCCC(=O)O[C@H](COC(=O)CCCCCCCCCCCCCC(C)C)COP(=O)(O)OC[C@@H](O)COP(=O)(O)OC[C@@H](COC(=O)CCCCCCCCCCCC(C)C)OC(=O)CCCCCCCCCCCCC(C)CC. The van der Waals surface area contributed by atoms with Gasteiger partial charge in [0.15, 0.2) is 12.2 Å². The predicted molar refractivity (Wildman–Crippen MR) is 409 cm³/mol. The molecule has 0 aliphatic carbocycles. The Morgan fingerprint density at radius 2 is 0.510 bits per heavy atom. The van der Waals surface area contributed by atoms with Crippen molar-refractivity contribution < 1.29 is 80.2 Å². The van der Waals surface area contributed by atoms with E-state index >= 15 is 0 Å². The highest BCUT2D eigenvalue weighted by Crippen LogP contribution is 2.45. The van der Waals surface area contributed by atoms with Crippen LogP contribution in [0.15, 0.2) is 0 Å². The van der Waals surface area contributed by atoms with Gasteiger partial charge in [-0.1, -0.05) is 370 Å². The minimum Gasteiger partial charge on any atom is -0.462 e. The van der Waals surface area contributed by atoms with Crippen molar-refractivity contribution >= 4 is 39.5 Å². The van der Waals surface area contributed by atoms with Gasteiger partial charge in [0.1, 0.15) is 19.3 Å². The monoisotopic (exact) mass is 1470 g/mol. The second kappa shape index (κ2) is 71.3. The van der Waals surface area contributed by atoms with Crippen molar-refractivity contribution in [3.63, 3.8) is 0 Å². The maximum Gasteiger partial charge on any atom is 0.472 e. The molecule has 0 aromatic carbocycles. The van der Waals surface area contributed by atoms with Gasteiger partial charge in [-0.2, -0.15) is 0 Å². The molecule has 0 heterocycles. The fraction of sp³-hybridized carbons (Fsp3) is 0.951. The molecule has 0 aromatic heterocycles. The summed E-state index contributed by atoms with van der Waals surface area (Å²) in [5.41, 5.74) is 0. The second-order valence-electron chi connectivity index (χ2n) is 30.4. The summed E-state index contributed by atoms with van der Waals surface area (Å²) in [6.07, 6.45) is 59.6. The van der Waals surface area contributed by atoms with E-state index in [2.05, 4.69) is 48.5 Å². The summed E-state index contributed by atoms with van der Waals surface area (Å²) in [5.74, 6) is 0.206. The number of aliphatic hydroxyl groups excluding tert-OH is 1. The molecule has 3 N–H and O–H groups in total. The predicted octanol–water partition coefficient (Wildman–Crippen LogP) is 24.1. The van der Waals surface area contributed by atoms with E-state index in [1.165, 1.54) is 231 Å². The highest BCUT2D eigenvalue weighted by molar-refractivity contribution is 7.47. The Morgan fingerprint density at radius 3 is 0.760 bits per heavy atom. The van der Waals surface area contributed by atoms with Crippen molar-refractivity contribution in [3.05, 3.63) is 0 Å². The van der Waals surface area contributed by atoms with Gasteiger partial charge in [0.05, 0.1) is 26.4 Å². The third-order valence-electron chi connectivity index (χ3n) is 19.2. The number of carbonyl (C=O) groups is 4. The van der Waals surface area contributed by atoms with Crippen LogP contribution in [-0.2, 0) is 65.4 Å². The van der Waals surface area contributed by atoms with Crippen LogP contribution in [-0.4, -0.2) is 96.7 Å². The van der Waals surface area contributed by atoms with Crippen LogP contribution in [0.1, 0.15) is 421 Å². The molecule has 0 fully saturated rings. The number of phosphoric ester groups is 2. The number of esters is 4. The number of hydrogen-bond acceptors (Lipinski definition) is 15. The fourth-order valence-corrected chi connectivity index (χ4v) is 14.0. The molecular weight excluding hydrogens is 1310 g/mol. The first-order valence-corrected chi connectivity index (χ1v) is 44.9. The molecule has 0 rings (SSSR count). The van der Waals surface area contributed by atoms with Crippen molar-refractivity contribution in [1.82, 2.24) is 0 Å². The molecule has 0 aromatic rings. The highest BCUT2D eigenvalue weighted by Gasteiger charge is 2.30. The number of unbranched alkanes of at least 4 members (excludes halogenated alkanes) is 46. The number of ether oxygens (including phenoxy) is 4. The first-order chi connectivity index (χ1) is 48.3. The Bertz CT molecular complexity index is 1940. The fourth-order valence-electron chi connectivity index (χ4n) is 12.5. The Morgan fingerprint density at radius 1 is 0.290 bits per heavy atom. The third-order valence-corrected chi connectivity index (χ3v) is 21.1. The lowest BCUT2D eigenvalue weighted by molar-refractivity contribution is -0.161. The van der Waals surface area contributed by atoms with Crippen LogP contribution < -0.4 is 0 Å². The molecule has 0 aliphatic heterocycles. The van der Waals surface area contributed by atoms with Crippen LogP contribution in [0, 0.1) is 17.8 Å². The van der Waals surface area contributed by atoms with E-state index in [1.54, 1.807) is 0 Å². The highest BCUT2D eigenvalue weighted by atomic mass is 31.2. The summed E-state index contributed by atoms with van der Waals surface area (Å²) in [4.78, 5) is 73.0. The zero-order valence-corrected chi connectivity index (χ0v) is 67.5. The van der Waals surface area contributed by atoms with Gasteiger partial charge in [-0.3, -0.25) is 37.3 Å². The largest absolute Gasteiger partial charge is 0.472 e. The van der Waals surface area contributed by atoms with Gasteiger partial charge in [0, 0.05) is 25.7 Å². The Kier molecular flexibility index (Phi) is 69.9. The minimum absolute atomic E-state index is 0.106. The number of phosphoric acid groups is 2. The van der Waals surface area contributed by atoms with Crippen LogP contribution >= 0.6 is 15.6 Å². The van der Waals surface area contributed by atoms with Crippen molar-refractivity contribution in [2.24, 2.45) is 17.8 Å². The maximum atomic E-state index is 13.1. The molecule has 0 radical (unpaired) electrons. The molecule has 19 heteroatoms. The molecule has 17 nitrogen and oxygen atoms in total. The number of rotatable bonds is 79. The zero-order valence-electron chi connectivity index (χ0n) is 65.7. The van der Waals surface area contributed by atoms with Crippen LogP contribution in [0.3, 0.4) is 0 Å². The van der Waals surface area contributed by atoms with Crippen molar-refractivity contribution in [3.8, 4) is 0 Å². The van der Waals surface area contributed by atoms with E-state index in [9.17, 15) is 43.2 Å². The lowest BCUT2D eigenvalue weighted by Gasteiger charge is -2.21. The molecule has 0 aliphatic rings. The molecule has 100 heavy (non-hydrogen) atoms. The van der Waals surface area contributed by atoms with E-state index in [0.29, 0.717) is 25.7 Å². The van der Waals surface area contributed by atoms with E-state index in [0.717, 1.165) is 108 Å². The summed E-state index contributed by atoms with van der Waals surface area (Å²) in [7, 11) is -9.92. The third kappa shape index (κ3) is 73.0. The molecule has 0 bridgehead atoms. The van der Waals surface area contributed by atoms with E-state index in [-0.39, 0.29) is 25.7 Å². The standard InChI is InChI=1S/C81H158O17P2/c1-8-10-11-12-13-14-15-16-17-18-19-20-21-22-23-26-35-43-50-57-64-80(85)97-76(68-91-78(83)62-55-48-41-34-27-24-25-31-38-45-52-59-72(3)4)70-95-99(87,88)93-66-75(82)67-94-100(89,90)96-71-77(69-92-79(84)63-56-49-42-37-30-32-39-46-53-60-73(5)6)98-81(86)65-58-51-44-36-29-28-33-40-47-54-61-74(7)9-2/h72-77,82H,8-71H2,1-7H3,(H,87,88)(H,89,90)/t74?,75-,76-,77-/m1/s1. The van der Waals surface area contributed by atoms with Crippen molar-refractivity contribution in [1.29, 1.82) is 0 Å². The van der Waals surface area contributed by atoms with Crippen LogP contribution in [0.5, 0.6) is 0 Å². The summed E-state index contributed by atoms with van der Waals surface area (Å²) < 4.78 is 68.7. The lowest BCUT2D eigenvalue weighted by atomic mass is 9.99. The molecule has 0 saturated carbocycles. The smallest absolute Gasteiger partial charge is 0.462 e. The molecule has 0 spiro atoms. The van der Waals surface area contributed by atoms with Crippen LogP contribution in [0.4, 0.5) is 0 Å². The van der Waals surface area contributed by atoms with Gasteiger partial charge in [0.2, 0.25) is 0 Å². The van der Waals surface area contributed by atoms with E-state index < -0.39 is 97.5 Å². The summed E-state index contributed by atoms with van der Waals surface area (Å²) in [5, 5.41) is 10.6. The Hall–Kier alpha value is -1.94. The molecule has 6 atom stereocenters. The Labute approximate surface area is 613 Å². The number of hydrogen-bond donors (Lipinski definition) is 3. The molecule has 594 valence electrons. The average molecular weight is 1470 g/mol. The van der Waals surface area contributed by atoms with Gasteiger partial charge in [0.25, 0.3) is 0 Å². The molecule has 0 amide bonds. The molecule has 0 saturated heterocycles. The average Bonchev–Trinajstić information content (AvgIpc) is 0.929. The second-order valence-corrected chi connectivity index (χ2v) is 33.3. The van der Waals surface area contributed by atoms with Gasteiger partial charge in [-0.15, -0.1) is 0 Å². The van der Waals surface area contributed by atoms with Gasteiger partial charge in [-0.25, -0.2) is 9.13 Å². The van der Waals surface area contributed by atoms with E-state index in [4.69, 9.17) is 37.0 Å². The molecular formula is C81H158O17P2. The summed E-state index contributed by atoms with van der Waals surface area (Å²) in [6.45, 7) is 11.9. The number of aliphatic hydroxyl groups is 1. The Balaban J connectivity index is 5.25. The van der Waals surface area contributed by atoms with Crippen molar-refractivity contribution in [2.75, 3.05) is 39.6 Å². The number of carbonyl (C=O) groups excluding carboxylic acids is 4. The first-order valence-electron chi connectivity index (χ1n) is 41.9. The topological polar surface area (TPSA) is 237 Å². The van der Waals surface area contributed by atoms with E-state index in [1.807, 2.05) is 0 Å².